The van der Waals surface area contributed by atoms with Gasteiger partial charge in [0.05, 0.1) is 6.61 Å². The van der Waals surface area contributed by atoms with Gasteiger partial charge in [-0.25, -0.2) is 4.68 Å². The van der Waals surface area contributed by atoms with Crippen LogP contribution in [0.4, 0.5) is 5.82 Å². The van der Waals surface area contributed by atoms with Gasteiger partial charge in [0.2, 0.25) is 11.7 Å². The van der Waals surface area contributed by atoms with Gasteiger partial charge in [0, 0.05) is 18.7 Å². The molecule has 3 aromatic rings. The Kier molecular flexibility index (Phi) is 7.50. The van der Waals surface area contributed by atoms with Gasteiger partial charge in [-0.1, -0.05) is 41.6 Å². The third kappa shape index (κ3) is 6.27. The van der Waals surface area contributed by atoms with Crippen LogP contribution in [0, 0.1) is 0 Å². The summed E-state index contributed by atoms with van der Waals surface area (Å²) in [5, 5.41) is 15.9. The van der Waals surface area contributed by atoms with E-state index in [-0.39, 0.29) is 0 Å². The van der Waals surface area contributed by atoms with Gasteiger partial charge in [-0.3, -0.25) is 0 Å². The van der Waals surface area contributed by atoms with Crippen molar-refractivity contribution in [2.45, 2.75) is 25.7 Å². The summed E-state index contributed by atoms with van der Waals surface area (Å²) in [7, 11) is 1.77. The Hall–Kier alpha value is -3.49. The van der Waals surface area contributed by atoms with E-state index in [2.05, 4.69) is 25.7 Å². The van der Waals surface area contributed by atoms with Crippen LogP contribution in [0.25, 0.3) is 0 Å². The van der Waals surface area contributed by atoms with Crippen LogP contribution in [0.1, 0.15) is 37.1 Å². The van der Waals surface area contributed by atoms with Crippen molar-refractivity contribution in [2.24, 2.45) is 12.2 Å². The summed E-state index contributed by atoms with van der Waals surface area (Å²) in [5.41, 5.74) is 7.14. The van der Waals surface area contributed by atoms with Gasteiger partial charge in [0.15, 0.2) is 5.71 Å². The lowest BCUT2D eigenvalue weighted by molar-refractivity contribution is 0.139. The molecule has 2 heterocycles. The summed E-state index contributed by atoms with van der Waals surface area (Å²) in [5.74, 6) is 1.59. The zero-order valence-electron chi connectivity index (χ0n) is 16.4. The normalized spacial score (nSPS) is 11.4. The lowest BCUT2D eigenvalue weighted by Crippen LogP contribution is -2.12. The monoisotopic (exact) mass is 395 g/mol. The van der Waals surface area contributed by atoms with Crippen LogP contribution in [0.5, 0.6) is 5.88 Å². The van der Waals surface area contributed by atoms with E-state index < -0.39 is 0 Å². The van der Waals surface area contributed by atoms with Gasteiger partial charge in [0.25, 0.3) is 0 Å². The number of hydrogen-bond donors (Lipinski definition) is 1. The predicted molar refractivity (Wildman–Crippen MR) is 109 cm³/mol. The second-order valence-electron chi connectivity index (χ2n) is 6.43. The lowest BCUT2D eigenvalue weighted by Gasteiger charge is -2.07. The summed E-state index contributed by atoms with van der Waals surface area (Å²) in [4.78, 5) is 9.65. The number of aryl methyl sites for hydroxylation is 1. The van der Waals surface area contributed by atoms with E-state index >= 15 is 0 Å². The number of oxime groups is 1. The Bertz CT molecular complexity index is 912. The first-order valence-electron chi connectivity index (χ1n) is 9.57. The first-order chi connectivity index (χ1) is 14.2. The van der Waals surface area contributed by atoms with Crippen molar-refractivity contribution in [2.75, 3.05) is 18.9 Å². The van der Waals surface area contributed by atoms with Crippen molar-refractivity contribution in [3.8, 4) is 5.88 Å². The van der Waals surface area contributed by atoms with Gasteiger partial charge in [-0.15, -0.1) is 5.10 Å². The molecule has 0 radical (unpaired) electrons. The van der Waals surface area contributed by atoms with Crippen molar-refractivity contribution in [3.05, 3.63) is 59.9 Å². The van der Waals surface area contributed by atoms with Crippen LogP contribution < -0.4 is 10.5 Å². The first kappa shape index (κ1) is 20.2. The van der Waals surface area contributed by atoms with E-state index in [0.29, 0.717) is 36.4 Å². The minimum absolute atomic E-state index is 0.465. The molecule has 0 bridgehead atoms. The number of anilines is 1. The zero-order valence-corrected chi connectivity index (χ0v) is 16.4. The number of aromatic nitrogens is 5. The molecule has 9 heteroatoms. The number of nitrogen functional groups attached to an aromatic ring is 1. The Labute approximate surface area is 169 Å². The molecule has 9 nitrogen and oxygen atoms in total. The van der Waals surface area contributed by atoms with Crippen LogP contribution in [-0.4, -0.2) is 44.1 Å². The lowest BCUT2D eigenvalue weighted by atomic mass is 10.1. The van der Waals surface area contributed by atoms with Crippen molar-refractivity contribution < 1.29 is 9.57 Å². The van der Waals surface area contributed by atoms with E-state index in [1.807, 2.05) is 36.4 Å². The minimum atomic E-state index is 0.465. The maximum absolute atomic E-state index is 5.63. The standard InChI is InChI=1S/C20H25N7O2/c1-27-20(23-25-26-27)19(16-10-5-4-6-11-16)24-29-15-8-3-2-7-14-28-18-13-9-12-17(21)22-18/h4-6,9-13H,2-3,7-8,14-15H2,1H3,(H2,21,22). The summed E-state index contributed by atoms with van der Waals surface area (Å²) in [6.45, 7) is 1.14. The maximum atomic E-state index is 5.63. The third-order valence-electron chi connectivity index (χ3n) is 4.16. The Morgan fingerprint density at radius 3 is 2.52 bits per heavy atom. The van der Waals surface area contributed by atoms with Crippen molar-refractivity contribution >= 4 is 11.5 Å². The van der Waals surface area contributed by atoms with E-state index in [0.717, 1.165) is 31.2 Å². The van der Waals surface area contributed by atoms with Crippen molar-refractivity contribution in [1.29, 1.82) is 0 Å². The molecule has 0 aliphatic rings. The number of tetrazole rings is 1. The molecular formula is C20H25N7O2. The van der Waals surface area contributed by atoms with Crippen LogP contribution in [0.3, 0.4) is 0 Å². The summed E-state index contributed by atoms with van der Waals surface area (Å²) >= 11 is 0. The molecule has 2 N–H and O–H groups in total. The molecule has 1 aromatic carbocycles. The van der Waals surface area contributed by atoms with Gasteiger partial charge < -0.3 is 15.3 Å². The fourth-order valence-electron chi connectivity index (χ4n) is 2.67. The molecule has 0 saturated carbocycles. The van der Waals surface area contributed by atoms with E-state index in [1.54, 1.807) is 23.9 Å². The second-order valence-corrected chi connectivity index (χ2v) is 6.43. The van der Waals surface area contributed by atoms with E-state index in [4.69, 9.17) is 15.3 Å². The van der Waals surface area contributed by atoms with Gasteiger partial charge >= 0.3 is 0 Å². The number of unbranched alkanes of at least 4 members (excludes halogenated alkanes) is 3. The van der Waals surface area contributed by atoms with Crippen LogP contribution in [0.15, 0.2) is 53.7 Å². The molecule has 0 unspecified atom stereocenters. The molecule has 0 aliphatic heterocycles. The van der Waals surface area contributed by atoms with E-state index in [1.165, 1.54) is 0 Å². The highest BCUT2D eigenvalue weighted by molar-refractivity contribution is 6.10. The predicted octanol–water partition coefficient (Wildman–Crippen LogP) is 2.60. The highest BCUT2D eigenvalue weighted by Crippen LogP contribution is 2.11. The van der Waals surface area contributed by atoms with Crippen LogP contribution >= 0.6 is 0 Å². The molecule has 152 valence electrons. The fraction of sp³-hybridized carbons (Fsp3) is 0.350. The molecule has 0 spiro atoms. The van der Waals surface area contributed by atoms with Gasteiger partial charge in [0.1, 0.15) is 12.4 Å². The Morgan fingerprint density at radius 1 is 1.00 bits per heavy atom. The molecule has 0 fully saturated rings. The molecule has 2 aromatic heterocycles. The number of pyridine rings is 1. The Morgan fingerprint density at radius 2 is 1.79 bits per heavy atom. The van der Waals surface area contributed by atoms with Gasteiger partial charge in [-0.05, 0) is 42.2 Å². The molecule has 0 amide bonds. The number of hydrogen-bond acceptors (Lipinski definition) is 8. The maximum Gasteiger partial charge on any atom is 0.215 e. The topological polar surface area (TPSA) is 113 Å². The van der Waals surface area contributed by atoms with Crippen molar-refractivity contribution in [3.63, 3.8) is 0 Å². The molecular weight excluding hydrogens is 370 g/mol. The molecule has 3 rings (SSSR count). The van der Waals surface area contributed by atoms with Gasteiger partial charge in [-0.2, -0.15) is 4.98 Å². The highest BCUT2D eigenvalue weighted by atomic mass is 16.6. The highest BCUT2D eigenvalue weighted by Gasteiger charge is 2.14. The smallest absolute Gasteiger partial charge is 0.215 e. The average molecular weight is 395 g/mol. The largest absolute Gasteiger partial charge is 0.478 e. The SMILES string of the molecule is Cn1nnnc1C(=NOCCCCCCOc1cccc(N)n1)c1ccccc1. The summed E-state index contributed by atoms with van der Waals surface area (Å²) in [6.07, 6.45) is 3.91. The quantitative estimate of drug-likeness (QED) is 0.301. The average Bonchev–Trinajstić information content (AvgIpc) is 3.16. The number of nitrogens with zero attached hydrogens (tertiary/aromatic N) is 6. The third-order valence-corrected chi connectivity index (χ3v) is 4.16. The van der Waals surface area contributed by atoms with Crippen molar-refractivity contribution in [1.82, 2.24) is 25.2 Å². The Balaban J connectivity index is 1.38. The number of rotatable bonds is 11. The van der Waals surface area contributed by atoms with E-state index in [9.17, 15) is 0 Å². The fourth-order valence-corrected chi connectivity index (χ4v) is 2.67. The molecule has 0 aliphatic carbocycles. The number of benzene rings is 1. The first-order valence-corrected chi connectivity index (χ1v) is 9.57. The van der Waals surface area contributed by atoms with Crippen LogP contribution in [0.2, 0.25) is 0 Å². The molecule has 29 heavy (non-hydrogen) atoms. The minimum Gasteiger partial charge on any atom is -0.478 e. The summed E-state index contributed by atoms with van der Waals surface area (Å²) < 4.78 is 7.16. The number of nitrogens with two attached hydrogens (primary N) is 1. The van der Waals surface area contributed by atoms with Crippen LogP contribution in [-0.2, 0) is 11.9 Å². The zero-order chi connectivity index (χ0) is 20.3. The molecule has 0 saturated heterocycles. The summed E-state index contributed by atoms with van der Waals surface area (Å²) in [6, 6.07) is 15.1. The number of ether oxygens (including phenoxy) is 1. The second kappa shape index (κ2) is 10.7. The molecule has 0 atom stereocenters.